The highest BCUT2D eigenvalue weighted by Crippen LogP contribution is 2.17. The van der Waals surface area contributed by atoms with E-state index >= 15 is 0 Å². The molecule has 1 aromatic carbocycles. The lowest BCUT2D eigenvalue weighted by Crippen LogP contribution is -2.37. The van der Waals surface area contributed by atoms with Crippen molar-refractivity contribution in [2.24, 2.45) is 10.9 Å². The van der Waals surface area contributed by atoms with Gasteiger partial charge < -0.3 is 15.5 Å². The Kier molecular flexibility index (Phi) is 9.83. The number of hydrogen-bond acceptors (Lipinski definition) is 2. The summed E-state index contributed by atoms with van der Waals surface area (Å²) in [6.45, 7) is 8.32. The molecule has 0 radical (unpaired) electrons. The van der Waals surface area contributed by atoms with Crippen molar-refractivity contribution in [2.75, 3.05) is 31.6 Å². The lowest BCUT2D eigenvalue weighted by atomic mass is 10.1. The van der Waals surface area contributed by atoms with Crippen molar-refractivity contribution in [3.63, 3.8) is 0 Å². The lowest BCUT2D eigenvalue weighted by Gasteiger charge is -2.18. The molecule has 2 rings (SSSR count). The molecule has 1 heterocycles. The number of rotatable bonds is 7. The van der Waals surface area contributed by atoms with Gasteiger partial charge in [-0.25, -0.2) is 0 Å². The Labute approximate surface area is 163 Å². The van der Waals surface area contributed by atoms with Gasteiger partial charge in [0.2, 0.25) is 0 Å². The first kappa shape index (κ1) is 20.8. The molecule has 0 bridgehead atoms. The highest BCUT2D eigenvalue weighted by Gasteiger charge is 2.07. The third-order valence-corrected chi connectivity index (χ3v) is 4.05. The lowest BCUT2D eigenvalue weighted by molar-refractivity contribution is 0.549. The predicted molar refractivity (Wildman–Crippen MR) is 115 cm³/mol. The van der Waals surface area contributed by atoms with Crippen LogP contribution in [0.2, 0.25) is 0 Å². The summed E-state index contributed by atoms with van der Waals surface area (Å²) < 4.78 is 0. The Morgan fingerprint density at radius 2 is 1.79 bits per heavy atom. The van der Waals surface area contributed by atoms with Gasteiger partial charge in [0.1, 0.15) is 0 Å². The van der Waals surface area contributed by atoms with Gasteiger partial charge in [0.25, 0.3) is 0 Å². The van der Waals surface area contributed by atoms with Crippen molar-refractivity contribution in [1.29, 1.82) is 0 Å². The van der Waals surface area contributed by atoms with E-state index in [1.807, 2.05) is 7.05 Å². The molecule has 5 heteroatoms. The Balaban J connectivity index is 0.00000288. The smallest absolute Gasteiger partial charge is 0.191 e. The van der Waals surface area contributed by atoms with Crippen LogP contribution < -0.4 is 15.5 Å². The van der Waals surface area contributed by atoms with Gasteiger partial charge in [0.15, 0.2) is 5.96 Å². The normalized spacial score (nSPS) is 14.0. The summed E-state index contributed by atoms with van der Waals surface area (Å²) in [6.07, 6.45) is 6.85. The molecule has 134 valence electrons. The fraction of sp³-hybridized carbons (Fsp3) is 0.526. The minimum Gasteiger partial charge on any atom is -0.364 e. The highest BCUT2D eigenvalue weighted by atomic mass is 127. The van der Waals surface area contributed by atoms with Crippen molar-refractivity contribution < 1.29 is 0 Å². The van der Waals surface area contributed by atoms with Gasteiger partial charge in [-0.05, 0) is 36.5 Å². The molecule has 1 aliphatic rings. The first-order chi connectivity index (χ1) is 11.2. The third-order valence-electron chi connectivity index (χ3n) is 4.05. The van der Waals surface area contributed by atoms with E-state index in [9.17, 15) is 0 Å². The van der Waals surface area contributed by atoms with Crippen LogP contribution in [-0.2, 0) is 6.54 Å². The SMILES string of the molecule is CN=C(NCCCC(C)C)NCc1ccc(N2CC=CC2)cc1.I. The maximum Gasteiger partial charge on any atom is 0.191 e. The molecular weight excluding hydrogens is 411 g/mol. The second-order valence-electron chi connectivity index (χ2n) is 6.43. The van der Waals surface area contributed by atoms with Crippen LogP contribution in [0.1, 0.15) is 32.3 Å². The van der Waals surface area contributed by atoms with E-state index in [0.717, 1.165) is 38.1 Å². The highest BCUT2D eigenvalue weighted by molar-refractivity contribution is 14.0. The molecular formula is C19H31IN4. The van der Waals surface area contributed by atoms with Crippen molar-refractivity contribution in [2.45, 2.75) is 33.2 Å². The summed E-state index contributed by atoms with van der Waals surface area (Å²) in [7, 11) is 1.82. The molecule has 0 saturated carbocycles. The van der Waals surface area contributed by atoms with Gasteiger partial charge in [-0.15, -0.1) is 24.0 Å². The van der Waals surface area contributed by atoms with Crippen LogP contribution in [-0.4, -0.2) is 32.6 Å². The molecule has 0 unspecified atom stereocenters. The van der Waals surface area contributed by atoms with E-state index in [1.54, 1.807) is 0 Å². The van der Waals surface area contributed by atoms with Crippen molar-refractivity contribution >= 4 is 35.6 Å². The molecule has 2 N–H and O–H groups in total. The molecule has 0 atom stereocenters. The summed E-state index contributed by atoms with van der Waals surface area (Å²) in [5, 5.41) is 6.75. The molecule has 1 aromatic rings. The number of anilines is 1. The van der Waals surface area contributed by atoms with Crippen LogP contribution in [0.5, 0.6) is 0 Å². The zero-order chi connectivity index (χ0) is 16.5. The zero-order valence-corrected chi connectivity index (χ0v) is 17.4. The van der Waals surface area contributed by atoms with Crippen LogP contribution in [0.3, 0.4) is 0 Å². The summed E-state index contributed by atoms with van der Waals surface area (Å²) in [6, 6.07) is 8.77. The van der Waals surface area contributed by atoms with Crippen molar-refractivity contribution in [3.8, 4) is 0 Å². The first-order valence-corrected chi connectivity index (χ1v) is 8.62. The van der Waals surface area contributed by atoms with Gasteiger partial charge in [-0.3, -0.25) is 4.99 Å². The molecule has 0 spiro atoms. The number of hydrogen-bond donors (Lipinski definition) is 2. The minimum absolute atomic E-state index is 0. The molecule has 0 saturated heterocycles. The van der Waals surface area contributed by atoms with Gasteiger partial charge in [-0.1, -0.05) is 38.1 Å². The third kappa shape index (κ3) is 7.11. The Hall–Kier alpha value is -1.24. The van der Waals surface area contributed by atoms with Gasteiger partial charge in [-0.2, -0.15) is 0 Å². The monoisotopic (exact) mass is 442 g/mol. The summed E-state index contributed by atoms with van der Waals surface area (Å²) in [5.74, 6) is 1.64. The van der Waals surface area contributed by atoms with Crippen molar-refractivity contribution in [1.82, 2.24) is 10.6 Å². The van der Waals surface area contributed by atoms with E-state index in [1.165, 1.54) is 24.1 Å². The van der Waals surface area contributed by atoms with Crippen LogP contribution in [0.15, 0.2) is 41.4 Å². The zero-order valence-electron chi connectivity index (χ0n) is 15.1. The number of nitrogens with zero attached hydrogens (tertiary/aromatic N) is 2. The number of guanidine groups is 1. The van der Waals surface area contributed by atoms with Crippen LogP contribution in [0.25, 0.3) is 0 Å². The number of halogens is 1. The molecule has 0 aromatic heterocycles. The Bertz CT molecular complexity index is 515. The fourth-order valence-electron chi connectivity index (χ4n) is 2.64. The van der Waals surface area contributed by atoms with Gasteiger partial charge >= 0.3 is 0 Å². The molecule has 1 aliphatic heterocycles. The number of benzene rings is 1. The molecule has 0 amide bonds. The van der Waals surface area contributed by atoms with E-state index in [4.69, 9.17) is 0 Å². The fourth-order valence-corrected chi connectivity index (χ4v) is 2.64. The minimum atomic E-state index is 0. The first-order valence-electron chi connectivity index (χ1n) is 8.62. The molecule has 0 fully saturated rings. The standard InChI is InChI=1S/C19H30N4.HI/c1-16(2)7-6-12-21-19(20-3)22-15-17-8-10-18(11-9-17)23-13-4-5-14-23;/h4-5,8-11,16H,6-7,12-15H2,1-3H3,(H2,20,21,22);1H. The van der Waals surface area contributed by atoms with Crippen LogP contribution >= 0.6 is 24.0 Å². The van der Waals surface area contributed by atoms with Crippen LogP contribution in [0, 0.1) is 5.92 Å². The summed E-state index contributed by atoms with van der Waals surface area (Å²) in [4.78, 5) is 6.63. The quantitative estimate of drug-likeness (QED) is 0.222. The van der Waals surface area contributed by atoms with E-state index in [0.29, 0.717) is 0 Å². The van der Waals surface area contributed by atoms with Crippen molar-refractivity contribution in [3.05, 3.63) is 42.0 Å². The largest absolute Gasteiger partial charge is 0.364 e. The number of aliphatic imine (C=N–C) groups is 1. The van der Waals surface area contributed by atoms with Gasteiger partial charge in [0, 0.05) is 38.9 Å². The Morgan fingerprint density at radius 1 is 1.12 bits per heavy atom. The molecule has 24 heavy (non-hydrogen) atoms. The van der Waals surface area contributed by atoms with Gasteiger partial charge in [0.05, 0.1) is 0 Å². The van der Waals surface area contributed by atoms with E-state index < -0.39 is 0 Å². The maximum absolute atomic E-state index is 4.28. The maximum atomic E-state index is 4.28. The van der Waals surface area contributed by atoms with E-state index in [2.05, 4.69) is 70.8 Å². The second kappa shape index (κ2) is 11.3. The Morgan fingerprint density at radius 3 is 2.38 bits per heavy atom. The average molecular weight is 442 g/mol. The molecule has 4 nitrogen and oxygen atoms in total. The second-order valence-corrected chi connectivity index (χ2v) is 6.43. The number of nitrogens with one attached hydrogen (secondary N) is 2. The topological polar surface area (TPSA) is 39.7 Å². The van der Waals surface area contributed by atoms with Crippen LogP contribution in [0.4, 0.5) is 5.69 Å². The summed E-state index contributed by atoms with van der Waals surface area (Å²) >= 11 is 0. The van der Waals surface area contributed by atoms with E-state index in [-0.39, 0.29) is 24.0 Å². The summed E-state index contributed by atoms with van der Waals surface area (Å²) in [5.41, 5.74) is 2.56. The molecule has 0 aliphatic carbocycles. The average Bonchev–Trinajstić information content (AvgIpc) is 3.09. The predicted octanol–water partition coefficient (Wildman–Crippen LogP) is 3.78.